The number of aromatic nitrogens is 4. The minimum absolute atomic E-state index is 0.771. The summed E-state index contributed by atoms with van der Waals surface area (Å²) in [6.07, 6.45) is 7.31. The van der Waals surface area contributed by atoms with Crippen LogP contribution in [0.5, 0.6) is 0 Å². The number of nitrogens with zero attached hydrogens (tertiary/aromatic N) is 5. The first-order valence-corrected chi connectivity index (χ1v) is 9.45. The highest BCUT2D eigenvalue weighted by Gasteiger charge is 2.32. The molecule has 6 heteroatoms. The second-order valence-corrected chi connectivity index (χ2v) is 7.39. The Hall–Kier alpha value is -2.47. The van der Waals surface area contributed by atoms with Crippen molar-refractivity contribution in [2.45, 2.75) is 19.3 Å². The van der Waals surface area contributed by atoms with Crippen LogP contribution in [0.25, 0.3) is 16.7 Å². The quantitative estimate of drug-likeness (QED) is 0.724. The normalized spacial score (nSPS) is 19.0. The van der Waals surface area contributed by atoms with E-state index in [1.54, 1.807) is 6.33 Å². The highest BCUT2D eigenvalue weighted by Crippen LogP contribution is 2.33. The molecule has 0 spiro atoms. The molecule has 1 aromatic carbocycles. The van der Waals surface area contributed by atoms with E-state index in [9.17, 15) is 0 Å². The molecule has 134 valence electrons. The highest BCUT2D eigenvalue weighted by atomic mass is 16.5. The van der Waals surface area contributed by atoms with Crippen LogP contribution in [-0.2, 0) is 4.74 Å². The predicted molar refractivity (Wildman–Crippen MR) is 101 cm³/mol. The molecule has 0 aliphatic carbocycles. The van der Waals surface area contributed by atoms with Crippen LogP contribution in [-0.4, -0.2) is 46.1 Å². The molecule has 26 heavy (non-hydrogen) atoms. The molecular weight excluding hydrogens is 326 g/mol. The van der Waals surface area contributed by atoms with Crippen LogP contribution in [0.3, 0.4) is 0 Å². The first-order valence-electron chi connectivity index (χ1n) is 9.45. The minimum Gasteiger partial charge on any atom is -0.381 e. The standard InChI is InChI=1S/C20H23N5O/c1-2-4-17(5-3-1)25-20-18(11-23-25)19(21-14-22-20)24-12-16(13-24)10-15-6-8-26-9-7-15/h1-5,11,14-16H,6-10,12-13H2. The summed E-state index contributed by atoms with van der Waals surface area (Å²) in [4.78, 5) is 11.4. The topological polar surface area (TPSA) is 56.1 Å². The third-order valence-corrected chi connectivity index (χ3v) is 5.61. The molecule has 2 aliphatic rings. The minimum atomic E-state index is 0.771. The van der Waals surface area contributed by atoms with Crippen LogP contribution < -0.4 is 4.90 Å². The molecule has 0 amide bonds. The SMILES string of the molecule is c1ccc(-n2ncc3c(N4CC(CC5CCOCC5)C4)ncnc32)cc1. The Morgan fingerprint density at radius 1 is 1.00 bits per heavy atom. The first kappa shape index (κ1) is 15.8. The van der Waals surface area contributed by atoms with Gasteiger partial charge in [-0.05, 0) is 43.2 Å². The van der Waals surface area contributed by atoms with Crippen LogP contribution in [0.2, 0.25) is 0 Å². The Labute approximate surface area is 152 Å². The summed E-state index contributed by atoms with van der Waals surface area (Å²) in [5.74, 6) is 2.62. The lowest BCUT2D eigenvalue weighted by Crippen LogP contribution is -2.48. The van der Waals surface area contributed by atoms with Gasteiger partial charge >= 0.3 is 0 Å². The van der Waals surface area contributed by atoms with Gasteiger partial charge in [-0.2, -0.15) is 5.10 Å². The van der Waals surface area contributed by atoms with Crippen molar-refractivity contribution in [3.05, 3.63) is 42.9 Å². The summed E-state index contributed by atoms with van der Waals surface area (Å²) in [6.45, 7) is 4.04. The second kappa shape index (κ2) is 6.68. The smallest absolute Gasteiger partial charge is 0.168 e. The zero-order chi connectivity index (χ0) is 17.3. The van der Waals surface area contributed by atoms with Crippen LogP contribution >= 0.6 is 0 Å². The third-order valence-electron chi connectivity index (χ3n) is 5.61. The maximum atomic E-state index is 5.47. The largest absolute Gasteiger partial charge is 0.381 e. The van der Waals surface area contributed by atoms with Gasteiger partial charge in [-0.25, -0.2) is 14.6 Å². The molecule has 2 aromatic heterocycles. The molecule has 5 rings (SSSR count). The van der Waals surface area contributed by atoms with Crippen LogP contribution in [0.15, 0.2) is 42.9 Å². The number of fused-ring (bicyclic) bond motifs is 1. The Morgan fingerprint density at radius 2 is 1.81 bits per heavy atom. The van der Waals surface area contributed by atoms with Crippen molar-refractivity contribution in [3.63, 3.8) is 0 Å². The average molecular weight is 349 g/mol. The lowest BCUT2D eigenvalue weighted by atomic mass is 9.85. The Morgan fingerprint density at radius 3 is 2.62 bits per heavy atom. The van der Waals surface area contributed by atoms with E-state index in [-0.39, 0.29) is 0 Å². The van der Waals surface area contributed by atoms with Gasteiger partial charge in [-0.3, -0.25) is 0 Å². The number of hydrogen-bond donors (Lipinski definition) is 0. The maximum Gasteiger partial charge on any atom is 0.168 e. The van der Waals surface area contributed by atoms with Gasteiger partial charge in [0.1, 0.15) is 12.1 Å². The van der Waals surface area contributed by atoms with Gasteiger partial charge < -0.3 is 9.64 Å². The zero-order valence-electron chi connectivity index (χ0n) is 14.8. The van der Waals surface area contributed by atoms with Gasteiger partial charge in [-0.15, -0.1) is 0 Å². The fourth-order valence-corrected chi connectivity index (χ4v) is 4.19. The van der Waals surface area contributed by atoms with Gasteiger partial charge in [0.2, 0.25) is 0 Å². The molecule has 2 saturated heterocycles. The first-order chi connectivity index (χ1) is 12.9. The van der Waals surface area contributed by atoms with E-state index in [1.807, 2.05) is 41.2 Å². The van der Waals surface area contributed by atoms with Crippen LogP contribution in [0, 0.1) is 11.8 Å². The number of rotatable bonds is 4. The van der Waals surface area contributed by atoms with E-state index in [0.29, 0.717) is 0 Å². The fourth-order valence-electron chi connectivity index (χ4n) is 4.19. The highest BCUT2D eigenvalue weighted by molar-refractivity contribution is 5.88. The van der Waals surface area contributed by atoms with Gasteiger partial charge in [0.25, 0.3) is 0 Å². The molecule has 0 bridgehead atoms. The number of para-hydroxylation sites is 1. The maximum absolute atomic E-state index is 5.47. The van der Waals surface area contributed by atoms with Crippen molar-refractivity contribution < 1.29 is 4.74 Å². The fraction of sp³-hybridized carbons (Fsp3) is 0.450. The molecular formula is C20H23N5O. The molecule has 0 N–H and O–H groups in total. The summed E-state index contributed by atoms with van der Waals surface area (Å²) < 4.78 is 7.36. The van der Waals surface area contributed by atoms with Gasteiger partial charge in [0, 0.05) is 26.3 Å². The summed E-state index contributed by atoms with van der Waals surface area (Å²) in [7, 11) is 0. The molecule has 0 saturated carbocycles. The molecule has 0 atom stereocenters. The average Bonchev–Trinajstić information content (AvgIpc) is 3.10. The van der Waals surface area contributed by atoms with Crippen molar-refractivity contribution in [2.75, 3.05) is 31.2 Å². The number of anilines is 1. The van der Waals surface area contributed by atoms with E-state index < -0.39 is 0 Å². The Bertz CT molecular complexity index is 882. The molecule has 2 fully saturated rings. The monoisotopic (exact) mass is 349 g/mol. The predicted octanol–water partition coefficient (Wildman–Crippen LogP) is 3.07. The summed E-state index contributed by atoms with van der Waals surface area (Å²) in [6, 6.07) is 10.1. The van der Waals surface area contributed by atoms with E-state index in [1.165, 1.54) is 19.3 Å². The number of hydrogen-bond acceptors (Lipinski definition) is 5. The van der Waals surface area contributed by atoms with E-state index in [2.05, 4.69) is 20.0 Å². The van der Waals surface area contributed by atoms with Gasteiger partial charge in [0.15, 0.2) is 5.65 Å². The molecule has 0 radical (unpaired) electrons. The molecule has 2 aliphatic heterocycles. The molecule has 3 aromatic rings. The van der Waals surface area contributed by atoms with Gasteiger partial charge in [0.05, 0.1) is 17.3 Å². The Kier molecular flexibility index (Phi) is 4.05. The number of benzene rings is 1. The van der Waals surface area contributed by atoms with Crippen LogP contribution in [0.1, 0.15) is 19.3 Å². The van der Waals surface area contributed by atoms with Crippen molar-refractivity contribution in [2.24, 2.45) is 11.8 Å². The summed E-state index contributed by atoms with van der Waals surface area (Å²) in [5, 5.41) is 5.58. The summed E-state index contributed by atoms with van der Waals surface area (Å²) in [5.41, 5.74) is 1.89. The molecule has 0 unspecified atom stereocenters. The van der Waals surface area contributed by atoms with E-state index in [0.717, 1.165) is 60.7 Å². The van der Waals surface area contributed by atoms with Crippen molar-refractivity contribution in [1.29, 1.82) is 0 Å². The molecule has 6 nitrogen and oxygen atoms in total. The third kappa shape index (κ3) is 2.84. The molecule has 4 heterocycles. The second-order valence-electron chi connectivity index (χ2n) is 7.39. The van der Waals surface area contributed by atoms with E-state index >= 15 is 0 Å². The van der Waals surface area contributed by atoms with Crippen molar-refractivity contribution in [3.8, 4) is 5.69 Å². The van der Waals surface area contributed by atoms with Crippen LogP contribution in [0.4, 0.5) is 5.82 Å². The lowest BCUT2D eigenvalue weighted by Gasteiger charge is -2.42. The summed E-state index contributed by atoms with van der Waals surface area (Å²) >= 11 is 0. The van der Waals surface area contributed by atoms with Gasteiger partial charge in [-0.1, -0.05) is 18.2 Å². The number of ether oxygens (including phenoxy) is 1. The Balaban J connectivity index is 1.33. The van der Waals surface area contributed by atoms with Crippen molar-refractivity contribution >= 4 is 16.9 Å². The lowest BCUT2D eigenvalue weighted by molar-refractivity contribution is 0.0568. The van der Waals surface area contributed by atoms with Crippen molar-refractivity contribution in [1.82, 2.24) is 19.7 Å². The zero-order valence-corrected chi connectivity index (χ0v) is 14.8. The van der Waals surface area contributed by atoms with E-state index in [4.69, 9.17) is 4.74 Å².